The molecule has 0 spiro atoms. The van der Waals surface area contributed by atoms with Crippen molar-refractivity contribution in [3.8, 4) is 10.6 Å². The Kier molecular flexibility index (Phi) is 4.20. The Labute approximate surface area is 119 Å². The van der Waals surface area contributed by atoms with Gasteiger partial charge in [0.1, 0.15) is 11.6 Å². The van der Waals surface area contributed by atoms with Gasteiger partial charge >= 0.3 is 0 Å². The van der Waals surface area contributed by atoms with Gasteiger partial charge in [-0.05, 0) is 32.9 Å². The number of thiophene rings is 1. The fraction of sp³-hybridized carbons (Fsp3) is 0.467. The van der Waals surface area contributed by atoms with Gasteiger partial charge in [0.25, 0.3) is 0 Å². The molecule has 0 aliphatic carbocycles. The minimum Gasteiger partial charge on any atom is -0.370 e. The van der Waals surface area contributed by atoms with Gasteiger partial charge in [0.15, 0.2) is 0 Å². The first-order valence-corrected chi connectivity index (χ1v) is 7.53. The number of nitrogens with one attached hydrogen (secondary N) is 1. The third-order valence-electron chi connectivity index (χ3n) is 3.00. The molecule has 3 nitrogen and oxygen atoms in total. The molecule has 0 radical (unpaired) electrons. The zero-order valence-corrected chi connectivity index (χ0v) is 13.1. The van der Waals surface area contributed by atoms with Crippen molar-refractivity contribution in [2.24, 2.45) is 0 Å². The molecule has 0 aliphatic heterocycles. The topological polar surface area (TPSA) is 37.8 Å². The fourth-order valence-corrected chi connectivity index (χ4v) is 2.85. The molecule has 0 saturated carbocycles. The second-order valence-corrected chi connectivity index (χ2v) is 6.29. The van der Waals surface area contributed by atoms with Gasteiger partial charge in [0.2, 0.25) is 0 Å². The van der Waals surface area contributed by atoms with E-state index in [9.17, 15) is 0 Å². The van der Waals surface area contributed by atoms with Crippen molar-refractivity contribution in [2.45, 2.75) is 40.5 Å². The second kappa shape index (κ2) is 5.70. The third-order valence-corrected chi connectivity index (χ3v) is 4.00. The van der Waals surface area contributed by atoms with Gasteiger partial charge in [-0.25, -0.2) is 9.97 Å². The van der Waals surface area contributed by atoms with Crippen molar-refractivity contribution in [3.05, 3.63) is 28.4 Å². The Morgan fingerprint density at radius 1 is 1.21 bits per heavy atom. The van der Waals surface area contributed by atoms with Crippen molar-refractivity contribution >= 4 is 17.2 Å². The molecule has 0 aromatic carbocycles. The number of nitrogens with zero attached hydrogens (tertiary/aromatic N) is 2. The van der Waals surface area contributed by atoms with Crippen LogP contribution in [0.5, 0.6) is 0 Å². The fourth-order valence-electron chi connectivity index (χ4n) is 1.93. The standard InChI is InChI=1S/C15H21N3S/c1-6-16-15-11(5)13(12-8-7-10(4)19-12)17-14(18-15)9(2)3/h7-9H,6H2,1-5H3,(H,16,17,18). The van der Waals surface area contributed by atoms with Crippen LogP contribution in [0.1, 0.15) is 43.0 Å². The molecule has 4 heteroatoms. The summed E-state index contributed by atoms with van der Waals surface area (Å²) in [5, 5.41) is 3.34. The molecule has 0 bridgehead atoms. The van der Waals surface area contributed by atoms with Crippen molar-refractivity contribution in [1.82, 2.24) is 9.97 Å². The molecule has 2 heterocycles. The van der Waals surface area contributed by atoms with E-state index in [-0.39, 0.29) is 0 Å². The quantitative estimate of drug-likeness (QED) is 0.900. The molecular formula is C15H21N3S. The van der Waals surface area contributed by atoms with Crippen LogP contribution >= 0.6 is 11.3 Å². The summed E-state index contributed by atoms with van der Waals surface area (Å²) in [7, 11) is 0. The lowest BCUT2D eigenvalue weighted by atomic mass is 10.1. The molecule has 0 aliphatic rings. The van der Waals surface area contributed by atoms with Crippen LogP contribution in [0.4, 0.5) is 5.82 Å². The SMILES string of the molecule is CCNc1nc(C(C)C)nc(-c2ccc(C)s2)c1C. The number of aromatic nitrogens is 2. The van der Waals surface area contributed by atoms with Gasteiger partial charge in [-0.3, -0.25) is 0 Å². The second-order valence-electron chi connectivity index (χ2n) is 5.00. The van der Waals surface area contributed by atoms with Gasteiger partial charge < -0.3 is 5.32 Å². The van der Waals surface area contributed by atoms with E-state index in [0.29, 0.717) is 5.92 Å². The lowest BCUT2D eigenvalue weighted by Crippen LogP contribution is -2.08. The van der Waals surface area contributed by atoms with E-state index in [0.717, 1.165) is 29.4 Å². The van der Waals surface area contributed by atoms with Crippen LogP contribution in [0.25, 0.3) is 10.6 Å². The smallest absolute Gasteiger partial charge is 0.134 e. The monoisotopic (exact) mass is 275 g/mol. The Balaban J connectivity index is 2.58. The first-order valence-electron chi connectivity index (χ1n) is 6.72. The third kappa shape index (κ3) is 2.95. The van der Waals surface area contributed by atoms with Gasteiger partial charge in [0, 0.05) is 22.9 Å². The highest BCUT2D eigenvalue weighted by Gasteiger charge is 2.15. The van der Waals surface area contributed by atoms with Gasteiger partial charge in [-0.1, -0.05) is 13.8 Å². The molecule has 0 amide bonds. The van der Waals surface area contributed by atoms with Crippen molar-refractivity contribution < 1.29 is 0 Å². The molecular weight excluding hydrogens is 254 g/mol. The summed E-state index contributed by atoms with van der Waals surface area (Å²) in [5.41, 5.74) is 2.20. The van der Waals surface area contributed by atoms with E-state index >= 15 is 0 Å². The van der Waals surface area contributed by atoms with Crippen LogP contribution < -0.4 is 5.32 Å². The number of hydrogen-bond acceptors (Lipinski definition) is 4. The summed E-state index contributed by atoms with van der Waals surface area (Å²) in [5.74, 6) is 2.20. The number of hydrogen-bond donors (Lipinski definition) is 1. The van der Waals surface area contributed by atoms with Crippen LogP contribution in [0.3, 0.4) is 0 Å². The maximum absolute atomic E-state index is 4.76. The summed E-state index contributed by atoms with van der Waals surface area (Å²) < 4.78 is 0. The largest absolute Gasteiger partial charge is 0.370 e. The van der Waals surface area contributed by atoms with E-state index in [2.05, 4.69) is 57.1 Å². The predicted molar refractivity (Wildman–Crippen MR) is 83.1 cm³/mol. The maximum atomic E-state index is 4.76. The minimum absolute atomic E-state index is 0.331. The first-order chi connectivity index (χ1) is 9.02. The highest BCUT2D eigenvalue weighted by atomic mass is 32.1. The Hall–Kier alpha value is -1.42. The number of anilines is 1. The Bertz CT molecular complexity index is 573. The van der Waals surface area contributed by atoms with Crippen LogP contribution in [0.2, 0.25) is 0 Å². The molecule has 0 unspecified atom stereocenters. The van der Waals surface area contributed by atoms with E-state index in [1.165, 1.54) is 9.75 Å². The minimum atomic E-state index is 0.331. The van der Waals surface area contributed by atoms with Gasteiger partial charge in [-0.2, -0.15) is 0 Å². The molecule has 2 aromatic heterocycles. The highest BCUT2D eigenvalue weighted by Crippen LogP contribution is 2.32. The van der Waals surface area contributed by atoms with E-state index < -0.39 is 0 Å². The van der Waals surface area contributed by atoms with Crippen molar-refractivity contribution in [3.63, 3.8) is 0 Å². The molecule has 0 fully saturated rings. The normalized spacial score (nSPS) is 11.1. The van der Waals surface area contributed by atoms with Crippen LogP contribution in [-0.2, 0) is 0 Å². The molecule has 1 N–H and O–H groups in total. The lowest BCUT2D eigenvalue weighted by Gasteiger charge is -2.14. The number of rotatable bonds is 4. The van der Waals surface area contributed by atoms with Gasteiger partial charge in [-0.15, -0.1) is 11.3 Å². The molecule has 0 saturated heterocycles. The molecule has 19 heavy (non-hydrogen) atoms. The van der Waals surface area contributed by atoms with Crippen molar-refractivity contribution in [1.29, 1.82) is 0 Å². The summed E-state index contributed by atoms with van der Waals surface area (Å²) in [6.45, 7) is 11.4. The van der Waals surface area contributed by atoms with E-state index in [1.807, 2.05) is 0 Å². The van der Waals surface area contributed by atoms with Gasteiger partial charge in [0.05, 0.1) is 10.6 Å². The lowest BCUT2D eigenvalue weighted by molar-refractivity contribution is 0.774. The Morgan fingerprint density at radius 2 is 1.95 bits per heavy atom. The molecule has 2 aromatic rings. The molecule has 0 atom stereocenters. The average molecular weight is 275 g/mol. The summed E-state index contributed by atoms with van der Waals surface area (Å²) in [6.07, 6.45) is 0. The summed E-state index contributed by atoms with van der Waals surface area (Å²) in [4.78, 5) is 11.9. The number of aryl methyl sites for hydroxylation is 1. The zero-order chi connectivity index (χ0) is 14.0. The first kappa shape index (κ1) is 14.0. The van der Waals surface area contributed by atoms with Crippen molar-refractivity contribution in [2.75, 3.05) is 11.9 Å². The van der Waals surface area contributed by atoms with E-state index in [4.69, 9.17) is 4.98 Å². The molecule has 102 valence electrons. The molecule has 2 rings (SSSR count). The Morgan fingerprint density at radius 3 is 2.47 bits per heavy atom. The maximum Gasteiger partial charge on any atom is 0.134 e. The average Bonchev–Trinajstić information content (AvgIpc) is 2.78. The zero-order valence-electron chi connectivity index (χ0n) is 12.2. The summed E-state index contributed by atoms with van der Waals surface area (Å²) >= 11 is 1.78. The van der Waals surface area contributed by atoms with E-state index in [1.54, 1.807) is 11.3 Å². The van der Waals surface area contributed by atoms with Crippen LogP contribution in [0, 0.1) is 13.8 Å². The van der Waals surface area contributed by atoms with Crippen LogP contribution in [0.15, 0.2) is 12.1 Å². The predicted octanol–water partition coefficient (Wildman–Crippen LogP) is 4.38. The summed E-state index contributed by atoms with van der Waals surface area (Å²) in [6, 6.07) is 4.29. The highest BCUT2D eigenvalue weighted by molar-refractivity contribution is 7.15. The van der Waals surface area contributed by atoms with Crippen LogP contribution in [-0.4, -0.2) is 16.5 Å².